The molecule has 1 N–H and O–H groups in total. The smallest absolute Gasteiger partial charge is 0.254 e. The van der Waals surface area contributed by atoms with Gasteiger partial charge in [-0.15, -0.1) is 0 Å². The van der Waals surface area contributed by atoms with Crippen LogP contribution in [0.4, 0.5) is 5.82 Å². The molecule has 0 aromatic carbocycles. The van der Waals surface area contributed by atoms with Gasteiger partial charge in [0.25, 0.3) is 5.78 Å². The van der Waals surface area contributed by atoms with Crippen LogP contribution >= 0.6 is 0 Å². The van der Waals surface area contributed by atoms with E-state index in [0.29, 0.717) is 11.7 Å². The Morgan fingerprint density at radius 3 is 2.96 bits per heavy atom. The molecule has 7 nitrogen and oxygen atoms in total. The molecule has 122 valence electrons. The third-order valence-electron chi connectivity index (χ3n) is 4.94. The average molecular weight is 314 g/mol. The molecule has 0 bridgehead atoms. The van der Waals surface area contributed by atoms with Crippen molar-refractivity contribution >= 4 is 17.5 Å². The summed E-state index contributed by atoms with van der Waals surface area (Å²) in [6, 6.07) is 2.23. The Kier molecular flexibility index (Phi) is 3.63. The fraction of sp³-hybridized carbons (Fsp3) is 0.625. The predicted octanol–water partition coefficient (Wildman–Crippen LogP) is 1.64. The molecule has 1 saturated carbocycles. The van der Waals surface area contributed by atoms with Gasteiger partial charge in [-0.05, 0) is 26.2 Å². The van der Waals surface area contributed by atoms with E-state index >= 15 is 0 Å². The highest BCUT2D eigenvalue weighted by Crippen LogP contribution is 2.28. The van der Waals surface area contributed by atoms with Crippen molar-refractivity contribution in [2.24, 2.45) is 5.92 Å². The number of amides is 1. The van der Waals surface area contributed by atoms with Crippen LogP contribution in [0.25, 0.3) is 5.78 Å². The number of nitrogens with zero attached hydrogens (tertiary/aromatic N) is 5. The maximum atomic E-state index is 12.5. The molecule has 2 aliphatic rings. The van der Waals surface area contributed by atoms with E-state index in [-0.39, 0.29) is 12.0 Å². The van der Waals surface area contributed by atoms with E-state index in [2.05, 4.69) is 20.4 Å². The van der Waals surface area contributed by atoms with Gasteiger partial charge in [0.1, 0.15) is 12.1 Å². The number of fused-ring (bicyclic) bond motifs is 1. The Bertz CT molecular complexity index is 720. The van der Waals surface area contributed by atoms with Crippen molar-refractivity contribution in [1.29, 1.82) is 0 Å². The van der Waals surface area contributed by atoms with Crippen LogP contribution in [0, 0.1) is 12.8 Å². The van der Waals surface area contributed by atoms with Crippen LogP contribution in [0.2, 0.25) is 0 Å². The van der Waals surface area contributed by atoms with Crippen molar-refractivity contribution in [3.8, 4) is 0 Å². The van der Waals surface area contributed by atoms with Crippen LogP contribution < -0.4 is 5.32 Å². The van der Waals surface area contributed by atoms with Crippen molar-refractivity contribution in [3.05, 3.63) is 18.1 Å². The Labute approximate surface area is 135 Å². The number of hydrogen-bond donors (Lipinski definition) is 1. The largest absolute Gasteiger partial charge is 0.365 e. The minimum atomic E-state index is 0.259. The molecule has 1 aliphatic carbocycles. The zero-order valence-electron chi connectivity index (χ0n) is 13.4. The molecule has 2 aromatic heterocycles. The lowest BCUT2D eigenvalue weighted by Gasteiger charge is -2.21. The minimum Gasteiger partial charge on any atom is -0.365 e. The van der Waals surface area contributed by atoms with Gasteiger partial charge in [0.05, 0.1) is 0 Å². The molecule has 0 spiro atoms. The number of carbonyl (C=O) groups excluding carboxylic acids is 1. The predicted molar refractivity (Wildman–Crippen MR) is 86.1 cm³/mol. The number of carbonyl (C=O) groups is 1. The summed E-state index contributed by atoms with van der Waals surface area (Å²) >= 11 is 0. The SMILES string of the molecule is Cc1cc(NC2CCN(C(=O)C3CCCC3)C2)n2ncnc2n1. The van der Waals surface area contributed by atoms with Gasteiger partial charge in [-0.1, -0.05) is 12.8 Å². The first-order valence-electron chi connectivity index (χ1n) is 8.43. The van der Waals surface area contributed by atoms with Crippen molar-refractivity contribution in [3.63, 3.8) is 0 Å². The maximum absolute atomic E-state index is 12.5. The first-order valence-corrected chi connectivity index (χ1v) is 8.43. The van der Waals surface area contributed by atoms with E-state index in [1.807, 2.05) is 17.9 Å². The molecular formula is C16H22N6O. The van der Waals surface area contributed by atoms with Crippen LogP contribution in [-0.4, -0.2) is 49.5 Å². The third-order valence-corrected chi connectivity index (χ3v) is 4.94. The lowest BCUT2D eigenvalue weighted by Crippen LogP contribution is -2.35. The normalized spacial score (nSPS) is 22.1. The van der Waals surface area contributed by atoms with E-state index in [1.54, 1.807) is 4.52 Å². The minimum absolute atomic E-state index is 0.259. The first-order chi connectivity index (χ1) is 11.2. The summed E-state index contributed by atoms with van der Waals surface area (Å²) in [7, 11) is 0. The van der Waals surface area contributed by atoms with E-state index in [4.69, 9.17) is 0 Å². The standard InChI is InChI=1S/C16H22N6O/c1-11-8-14(22-16(19-11)17-10-18-22)20-13-6-7-21(9-13)15(23)12-4-2-3-5-12/h8,10,12-13,20H,2-7,9H2,1H3. The highest BCUT2D eigenvalue weighted by atomic mass is 16.2. The second kappa shape index (κ2) is 5.79. The number of rotatable bonds is 3. The third kappa shape index (κ3) is 2.75. The number of aromatic nitrogens is 4. The molecule has 7 heteroatoms. The topological polar surface area (TPSA) is 75.4 Å². The number of likely N-dealkylation sites (tertiary alicyclic amines) is 1. The molecule has 23 heavy (non-hydrogen) atoms. The van der Waals surface area contributed by atoms with Crippen molar-refractivity contribution in [2.75, 3.05) is 18.4 Å². The molecule has 1 atom stereocenters. The molecule has 3 heterocycles. The summed E-state index contributed by atoms with van der Waals surface area (Å²) in [6.45, 7) is 3.56. The Morgan fingerprint density at radius 1 is 1.30 bits per heavy atom. The zero-order chi connectivity index (χ0) is 15.8. The van der Waals surface area contributed by atoms with Gasteiger partial charge in [0, 0.05) is 36.8 Å². The fourth-order valence-corrected chi connectivity index (χ4v) is 3.75. The zero-order valence-corrected chi connectivity index (χ0v) is 13.4. The molecule has 1 amide bonds. The Balaban J connectivity index is 1.45. The van der Waals surface area contributed by atoms with E-state index in [9.17, 15) is 4.79 Å². The van der Waals surface area contributed by atoms with Crippen LogP contribution in [0.5, 0.6) is 0 Å². The second-order valence-electron chi connectivity index (χ2n) is 6.65. The fourth-order valence-electron chi connectivity index (χ4n) is 3.75. The molecule has 2 aromatic rings. The van der Waals surface area contributed by atoms with Gasteiger partial charge in [0.2, 0.25) is 5.91 Å². The van der Waals surface area contributed by atoms with Crippen molar-refractivity contribution in [1.82, 2.24) is 24.5 Å². The van der Waals surface area contributed by atoms with Gasteiger partial charge in [-0.2, -0.15) is 14.6 Å². The van der Waals surface area contributed by atoms with Gasteiger partial charge < -0.3 is 10.2 Å². The number of hydrogen-bond acceptors (Lipinski definition) is 5. The Hall–Kier alpha value is -2.18. The van der Waals surface area contributed by atoms with E-state index in [1.165, 1.54) is 19.2 Å². The Morgan fingerprint density at radius 2 is 2.13 bits per heavy atom. The van der Waals surface area contributed by atoms with Crippen LogP contribution in [0.1, 0.15) is 37.8 Å². The lowest BCUT2D eigenvalue weighted by molar-refractivity contribution is -0.134. The molecule has 1 aliphatic heterocycles. The summed E-state index contributed by atoms with van der Waals surface area (Å²) in [5.74, 6) is 2.11. The molecule has 0 radical (unpaired) electrons. The molecule has 2 fully saturated rings. The molecule has 4 rings (SSSR count). The highest BCUT2D eigenvalue weighted by Gasteiger charge is 2.32. The van der Waals surface area contributed by atoms with Gasteiger partial charge in [-0.25, -0.2) is 4.98 Å². The van der Waals surface area contributed by atoms with E-state index in [0.717, 1.165) is 43.9 Å². The quantitative estimate of drug-likeness (QED) is 0.932. The summed E-state index contributed by atoms with van der Waals surface area (Å²) in [6.07, 6.45) is 7.01. The summed E-state index contributed by atoms with van der Waals surface area (Å²) in [5, 5.41) is 7.73. The number of nitrogens with one attached hydrogen (secondary N) is 1. The number of aryl methyl sites for hydroxylation is 1. The van der Waals surface area contributed by atoms with Crippen LogP contribution in [0.15, 0.2) is 12.4 Å². The van der Waals surface area contributed by atoms with Crippen LogP contribution in [0.3, 0.4) is 0 Å². The average Bonchev–Trinajstić information content (AvgIpc) is 3.27. The first kappa shape index (κ1) is 14.4. The van der Waals surface area contributed by atoms with Gasteiger partial charge >= 0.3 is 0 Å². The summed E-state index contributed by atoms with van der Waals surface area (Å²) in [5.41, 5.74) is 0.907. The van der Waals surface area contributed by atoms with Crippen LogP contribution in [-0.2, 0) is 4.79 Å². The monoisotopic (exact) mass is 314 g/mol. The molecule has 1 saturated heterocycles. The highest BCUT2D eigenvalue weighted by molar-refractivity contribution is 5.79. The van der Waals surface area contributed by atoms with Gasteiger partial charge in [-0.3, -0.25) is 4.79 Å². The van der Waals surface area contributed by atoms with Crippen molar-refractivity contribution in [2.45, 2.75) is 45.1 Å². The second-order valence-corrected chi connectivity index (χ2v) is 6.65. The molecule has 1 unspecified atom stereocenters. The van der Waals surface area contributed by atoms with Crippen molar-refractivity contribution < 1.29 is 4.79 Å². The number of anilines is 1. The van der Waals surface area contributed by atoms with E-state index < -0.39 is 0 Å². The summed E-state index contributed by atoms with van der Waals surface area (Å²) < 4.78 is 1.72. The maximum Gasteiger partial charge on any atom is 0.254 e. The summed E-state index contributed by atoms with van der Waals surface area (Å²) in [4.78, 5) is 23.1. The lowest BCUT2D eigenvalue weighted by atomic mass is 10.1. The van der Waals surface area contributed by atoms with Gasteiger partial charge in [0.15, 0.2) is 0 Å². The molecular weight excluding hydrogens is 292 g/mol.